The molecule has 0 aliphatic rings. The quantitative estimate of drug-likeness (QED) is 0.532. The van der Waals surface area contributed by atoms with Gasteiger partial charge in [-0.15, -0.1) is 11.6 Å². The SMILES string of the molecule is CCC(Cl)(Cl)Cl.CCCl. The molecule has 0 aliphatic heterocycles. The topological polar surface area (TPSA) is 0 Å². The molecular formula is C5H10Cl4. The van der Waals surface area contributed by atoms with E-state index in [2.05, 4.69) is 0 Å². The summed E-state index contributed by atoms with van der Waals surface area (Å²) in [5, 5.41) is 0. The predicted molar refractivity (Wildman–Crippen MR) is 47.0 cm³/mol. The lowest BCUT2D eigenvalue weighted by Crippen LogP contribution is -1.95. The molecule has 9 heavy (non-hydrogen) atoms. The van der Waals surface area contributed by atoms with Gasteiger partial charge in [0, 0.05) is 5.88 Å². The highest BCUT2D eigenvalue weighted by molar-refractivity contribution is 6.67. The van der Waals surface area contributed by atoms with Crippen LogP contribution in [-0.4, -0.2) is 9.67 Å². The highest BCUT2D eigenvalue weighted by Gasteiger charge is 2.14. The van der Waals surface area contributed by atoms with Crippen LogP contribution in [0.5, 0.6) is 0 Å². The van der Waals surface area contributed by atoms with Crippen molar-refractivity contribution < 1.29 is 0 Å². The standard InChI is InChI=1S/C3H5Cl3.C2H5Cl/c1-2-3(4,5)6;1-2-3/h2H2,1H3;2H2,1H3. The summed E-state index contributed by atoms with van der Waals surface area (Å²) in [6.07, 6.45) is 0.567. The van der Waals surface area contributed by atoms with Gasteiger partial charge in [0.25, 0.3) is 0 Å². The van der Waals surface area contributed by atoms with Crippen LogP contribution in [0.2, 0.25) is 0 Å². The minimum absolute atomic E-state index is 0.567. The van der Waals surface area contributed by atoms with Crippen LogP contribution < -0.4 is 0 Å². The van der Waals surface area contributed by atoms with Crippen LogP contribution in [0, 0.1) is 0 Å². The Morgan fingerprint density at radius 1 is 1.11 bits per heavy atom. The van der Waals surface area contributed by atoms with E-state index in [4.69, 9.17) is 46.4 Å². The summed E-state index contributed by atoms with van der Waals surface area (Å²) in [4.78, 5) is 0. The number of hydrogen-bond donors (Lipinski definition) is 0. The van der Waals surface area contributed by atoms with Crippen molar-refractivity contribution in [3.63, 3.8) is 0 Å². The molecule has 0 aliphatic carbocycles. The summed E-state index contributed by atoms with van der Waals surface area (Å²) >= 11 is 20.7. The summed E-state index contributed by atoms with van der Waals surface area (Å²) in [5.41, 5.74) is 0. The second-order valence-corrected chi connectivity index (χ2v) is 4.29. The number of halogens is 4. The fourth-order valence-electron chi connectivity index (χ4n) is 0. The Hall–Kier alpha value is 1.16. The third-order valence-corrected chi connectivity index (χ3v) is 1.20. The summed E-state index contributed by atoms with van der Waals surface area (Å²) in [6.45, 7) is 3.70. The molecule has 0 radical (unpaired) electrons. The molecule has 0 aromatic carbocycles. The molecule has 0 saturated carbocycles. The highest BCUT2D eigenvalue weighted by atomic mass is 35.6. The van der Waals surface area contributed by atoms with E-state index in [-0.39, 0.29) is 0 Å². The van der Waals surface area contributed by atoms with E-state index >= 15 is 0 Å². The first-order chi connectivity index (χ1) is 3.97. The zero-order valence-corrected chi connectivity index (χ0v) is 8.45. The first-order valence-corrected chi connectivity index (χ1v) is 4.27. The molecule has 0 fully saturated rings. The summed E-state index contributed by atoms with van der Waals surface area (Å²) < 4.78 is -1.04. The lowest BCUT2D eigenvalue weighted by molar-refractivity contribution is 0.974. The molecule has 0 atom stereocenters. The average molecular weight is 212 g/mol. The second-order valence-electron chi connectivity index (χ2n) is 1.24. The van der Waals surface area contributed by atoms with E-state index < -0.39 is 3.79 Å². The maximum absolute atomic E-state index is 5.25. The van der Waals surface area contributed by atoms with Gasteiger partial charge in [-0.2, -0.15) is 0 Å². The molecule has 0 nitrogen and oxygen atoms in total. The van der Waals surface area contributed by atoms with Gasteiger partial charge in [-0.1, -0.05) is 48.7 Å². The first-order valence-electron chi connectivity index (χ1n) is 2.60. The normalized spacial score (nSPS) is 10.0. The van der Waals surface area contributed by atoms with Crippen molar-refractivity contribution in [2.24, 2.45) is 0 Å². The van der Waals surface area contributed by atoms with Crippen LogP contribution >= 0.6 is 46.4 Å². The molecule has 4 heteroatoms. The van der Waals surface area contributed by atoms with Crippen molar-refractivity contribution in [2.45, 2.75) is 24.1 Å². The molecule has 0 unspecified atom stereocenters. The van der Waals surface area contributed by atoms with Crippen molar-refractivity contribution in [3.05, 3.63) is 0 Å². The van der Waals surface area contributed by atoms with Crippen molar-refractivity contribution in [3.8, 4) is 0 Å². The Bertz CT molecular complexity index is 47.4. The smallest absolute Gasteiger partial charge is 0.127 e. The lowest BCUT2D eigenvalue weighted by Gasteiger charge is -2.02. The molecule has 0 spiro atoms. The van der Waals surface area contributed by atoms with Crippen molar-refractivity contribution in [2.75, 3.05) is 5.88 Å². The Morgan fingerprint density at radius 3 is 1.22 bits per heavy atom. The van der Waals surface area contributed by atoms with Crippen LogP contribution in [0.4, 0.5) is 0 Å². The van der Waals surface area contributed by atoms with E-state index in [1.165, 1.54) is 0 Å². The van der Waals surface area contributed by atoms with Crippen LogP contribution in [0.25, 0.3) is 0 Å². The fraction of sp³-hybridized carbons (Fsp3) is 1.00. The summed E-state index contributed by atoms with van der Waals surface area (Å²) in [6, 6.07) is 0. The minimum Gasteiger partial charge on any atom is -0.127 e. The van der Waals surface area contributed by atoms with E-state index in [0.29, 0.717) is 6.42 Å². The third-order valence-electron chi connectivity index (χ3n) is 0.401. The van der Waals surface area contributed by atoms with Crippen molar-refractivity contribution >= 4 is 46.4 Å². The molecule has 0 N–H and O–H groups in total. The van der Waals surface area contributed by atoms with Gasteiger partial charge in [0.15, 0.2) is 3.79 Å². The van der Waals surface area contributed by atoms with E-state index in [9.17, 15) is 0 Å². The molecule has 0 rings (SSSR count). The van der Waals surface area contributed by atoms with Crippen molar-refractivity contribution in [1.29, 1.82) is 0 Å². The third kappa shape index (κ3) is 27.1. The molecule has 0 bridgehead atoms. The predicted octanol–water partition coefficient (Wildman–Crippen LogP) is 4.01. The maximum atomic E-state index is 5.25. The fourth-order valence-corrected chi connectivity index (χ4v) is 0. The molecular weight excluding hydrogens is 202 g/mol. The monoisotopic (exact) mass is 210 g/mol. The first kappa shape index (κ1) is 12.8. The van der Waals surface area contributed by atoms with Crippen LogP contribution in [-0.2, 0) is 0 Å². The summed E-state index contributed by atoms with van der Waals surface area (Å²) in [7, 11) is 0. The van der Waals surface area contributed by atoms with Crippen LogP contribution in [0.1, 0.15) is 20.3 Å². The van der Waals surface area contributed by atoms with E-state index in [1.54, 1.807) is 0 Å². The van der Waals surface area contributed by atoms with Crippen LogP contribution in [0.15, 0.2) is 0 Å². The van der Waals surface area contributed by atoms with Gasteiger partial charge in [-0.05, 0) is 6.42 Å². The van der Waals surface area contributed by atoms with Gasteiger partial charge in [0.1, 0.15) is 0 Å². The van der Waals surface area contributed by atoms with Gasteiger partial charge in [0.2, 0.25) is 0 Å². The Labute approximate surface area is 76.4 Å². The van der Waals surface area contributed by atoms with E-state index in [1.807, 2.05) is 13.8 Å². The van der Waals surface area contributed by atoms with Gasteiger partial charge in [-0.3, -0.25) is 0 Å². The zero-order chi connectivity index (χ0) is 7.91. The highest BCUT2D eigenvalue weighted by Crippen LogP contribution is 2.28. The Kier molecular flexibility index (Phi) is 10.3. The average Bonchev–Trinajstić information content (AvgIpc) is 1.67. The molecule has 58 valence electrons. The van der Waals surface area contributed by atoms with Gasteiger partial charge < -0.3 is 0 Å². The minimum atomic E-state index is -1.04. The summed E-state index contributed by atoms with van der Waals surface area (Å²) in [5.74, 6) is 0.722. The molecule has 0 aromatic heterocycles. The van der Waals surface area contributed by atoms with E-state index in [0.717, 1.165) is 5.88 Å². The largest absolute Gasteiger partial charge is 0.190 e. The molecule has 0 amide bonds. The van der Waals surface area contributed by atoms with Crippen LogP contribution in [0.3, 0.4) is 0 Å². The number of hydrogen-bond acceptors (Lipinski definition) is 0. The molecule has 0 heterocycles. The molecule has 0 aromatic rings. The number of rotatable bonds is 0. The Morgan fingerprint density at radius 2 is 1.22 bits per heavy atom. The lowest BCUT2D eigenvalue weighted by atomic mass is 10.6. The molecule has 0 saturated heterocycles. The Balaban J connectivity index is 0. The van der Waals surface area contributed by atoms with Gasteiger partial charge >= 0.3 is 0 Å². The second kappa shape index (κ2) is 7.27. The number of alkyl halides is 4. The van der Waals surface area contributed by atoms with Gasteiger partial charge in [0.05, 0.1) is 0 Å². The zero-order valence-electron chi connectivity index (χ0n) is 5.43. The van der Waals surface area contributed by atoms with Gasteiger partial charge in [-0.25, -0.2) is 0 Å². The van der Waals surface area contributed by atoms with Crippen molar-refractivity contribution in [1.82, 2.24) is 0 Å². The maximum Gasteiger partial charge on any atom is 0.190 e.